The summed E-state index contributed by atoms with van der Waals surface area (Å²) in [7, 11) is 0. The van der Waals surface area contributed by atoms with Gasteiger partial charge in [-0.25, -0.2) is 9.97 Å². The molecule has 0 radical (unpaired) electrons. The van der Waals surface area contributed by atoms with Gasteiger partial charge in [0.05, 0.1) is 11.4 Å². The number of rotatable bonds is 0. The van der Waals surface area contributed by atoms with Crippen molar-refractivity contribution in [1.29, 1.82) is 0 Å². The minimum atomic E-state index is -0.703. The first kappa shape index (κ1) is 17.9. The second kappa shape index (κ2) is 5.77. The fraction of sp³-hybridized carbons (Fsp3) is 0.391. The molecule has 1 atom stereocenters. The van der Waals surface area contributed by atoms with E-state index in [1.807, 2.05) is 24.3 Å². The minimum absolute atomic E-state index is 0.0484. The standard InChI is InChI=1S/C23H27N3O/c1-22(2,3)16-12-11-14-18-17(20(23(4,5)6)26-21(14)25-16)19(27)13-9-7-8-10-15(13)24-18/h7-12,19,24,27H,1-6H3. The highest BCUT2D eigenvalue weighted by Gasteiger charge is 2.33. The summed E-state index contributed by atoms with van der Waals surface area (Å²) in [5.41, 5.74) is 5.96. The Morgan fingerprint density at radius 1 is 0.889 bits per heavy atom. The predicted octanol–water partition coefficient (Wildman–Crippen LogP) is 5.36. The highest BCUT2D eigenvalue weighted by atomic mass is 16.3. The molecule has 0 saturated carbocycles. The molecular formula is C23H27N3O. The Balaban J connectivity index is 2.06. The molecule has 27 heavy (non-hydrogen) atoms. The van der Waals surface area contributed by atoms with Crippen molar-refractivity contribution in [1.82, 2.24) is 9.97 Å². The second-order valence-electron chi connectivity index (χ2n) is 9.43. The van der Waals surface area contributed by atoms with Crippen molar-refractivity contribution in [2.24, 2.45) is 0 Å². The summed E-state index contributed by atoms with van der Waals surface area (Å²) >= 11 is 0. The van der Waals surface area contributed by atoms with Crippen LogP contribution in [0.25, 0.3) is 11.0 Å². The number of para-hydroxylation sites is 1. The third-order valence-electron chi connectivity index (χ3n) is 5.15. The number of aromatic nitrogens is 2. The van der Waals surface area contributed by atoms with Crippen molar-refractivity contribution in [3.63, 3.8) is 0 Å². The third kappa shape index (κ3) is 2.88. The Morgan fingerprint density at radius 3 is 2.26 bits per heavy atom. The van der Waals surface area contributed by atoms with E-state index < -0.39 is 6.10 Å². The summed E-state index contributed by atoms with van der Waals surface area (Å²) in [6.45, 7) is 12.8. The van der Waals surface area contributed by atoms with Crippen LogP contribution in [0.1, 0.15) is 70.2 Å². The molecule has 0 aliphatic carbocycles. The summed E-state index contributed by atoms with van der Waals surface area (Å²) < 4.78 is 0. The van der Waals surface area contributed by atoms with Crippen LogP contribution in [-0.2, 0) is 10.8 Å². The number of nitrogens with zero attached hydrogens (tertiary/aromatic N) is 2. The maximum atomic E-state index is 11.2. The van der Waals surface area contributed by atoms with E-state index in [0.29, 0.717) is 0 Å². The SMILES string of the molecule is CC(C)(C)c1ccc2c3c(c(C(C)(C)C)nc2n1)C(O)c1ccccc1N3. The van der Waals surface area contributed by atoms with Crippen LogP contribution in [-0.4, -0.2) is 15.1 Å². The molecule has 4 rings (SSSR count). The van der Waals surface area contributed by atoms with Gasteiger partial charge < -0.3 is 10.4 Å². The van der Waals surface area contributed by atoms with Crippen molar-refractivity contribution in [2.75, 3.05) is 5.32 Å². The zero-order chi connectivity index (χ0) is 19.6. The molecule has 0 fully saturated rings. The van der Waals surface area contributed by atoms with Crippen LogP contribution in [0.15, 0.2) is 36.4 Å². The lowest BCUT2D eigenvalue weighted by Crippen LogP contribution is -2.24. The van der Waals surface area contributed by atoms with Gasteiger partial charge in [0.2, 0.25) is 0 Å². The van der Waals surface area contributed by atoms with E-state index in [1.54, 1.807) is 0 Å². The monoisotopic (exact) mass is 361 g/mol. The number of anilines is 2. The summed E-state index contributed by atoms with van der Waals surface area (Å²) in [5.74, 6) is 0. The van der Waals surface area contributed by atoms with E-state index in [4.69, 9.17) is 9.97 Å². The lowest BCUT2D eigenvalue weighted by Gasteiger charge is -2.32. The Hall–Kier alpha value is -2.46. The Bertz CT molecular complexity index is 1040. The Kier molecular flexibility index (Phi) is 3.83. The van der Waals surface area contributed by atoms with Gasteiger partial charge in [0.1, 0.15) is 6.10 Å². The Morgan fingerprint density at radius 2 is 1.59 bits per heavy atom. The van der Waals surface area contributed by atoms with E-state index in [2.05, 4.69) is 59.0 Å². The smallest absolute Gasteiger partial charge is 0.161 e. The number of aliphatic hydroxyl groups is 1. The highest BCUT2D eigenvalue weighted by molar-refractivity contribution is 5.96. The zero-order valence-corrected chi connectivity index (χ0v) is 16.9. The lowest BCUT2D eigenvalue weighted by atomic mass is 9.82. The lowest BCUT2D eigenvalue weighted by molar-refractivity contribution is 0.217. The van der Waals surface area contributed by atoms with Gasteiger partial charge in [0, 0.05) is 38.7 Å². The number of hydrogen-bond acceptors (Lipinski definition) is 4. The first-order valence-electron chi connectivity index (χ1n) is 9.47. The van der Waals surface area contributed by atoms with E-state index in [-0.39, 0.29) is 10.8 Å². The number of fused-ring (bicyclic) bond motifs is 4. The Labute approximate surface area is 160 Å². The first-order chi connectivity index (χ1) is 12.6. The summed E-state index contributed by atoms with van der Waals surface area (Å²) in [6.07, 6.45) is -0.703. The quantitative estimate of drug-likeness (QED) is 0.566. The number of aliphatic hydroxyl groups excluding tert-OH is 1. The van der Waals surface area contributed by atoms with Gasteiger partial charge in [0.15, 0.2) is 5.65 Å². The molecule has 4 heteroatoms. The van der Waals surface area contributed by atoms with Gasteiger partial charge in [0.25, 0.3) is 0 Å². The molecule has 1 aromatic carbocycles. The molecule has 1 unspecified atom stereocenters. The molecule has 0 amide bonds. The van der Waals surface area contributed by atoms with Crippen LogP contribution in [0, 0.1) is 0 Å². The summed E-state index contributed by atoms with van der Waals surface area (Å²) in [5, 5.41) is 15.7. The molecule has 3 heterocycles. The molecular weight excluding hydrogens is 334 g/mol. The van der Waals surface area contributed by atoms with Gasteiger partial charge in [-0.3, -0.25) is 0 Å². The number of benzene rings is 1. The normalized spacial score (nSPS) is 16.6. The molecule has 3 aromatic rings. The molecule has 1 aliphatic rings. The van der Waals surface area contributed by atoms with Crippen molar-refractivity contribution < 1.29 is 5.11 Å². The van der Waals surface area contributed by atoms with Crippen molar-refractivity contribution in [3.8, 4) is 0 Å². The van der Waals surface area contributed by atoms with E-state index in [9.17, 15) is 5.11 Å². The zero-order valence-electron chi connectivity index (χ0n) is 16.9. The fourth-order valence-corrected chi connectivity index (χ4v) is 3.69. The van der Waals surface area contributed by atoms with Gasteiger partial charge in [-0.05, 0) is 18.2 Å². The summed E-state index contributed by atoms with van der Waals surface area (Å²) in [4.78, 5) is 9.82. The highest BCUT2D eigenvalue weighted by Crippen LogP contribution is 2.46. The molecule has 4 nitrogen and oxygen atoms in total. The minimum Gasteiger partial charge on any atom is -0.383 e. The van der Waals surface area contributed by atoms with Gasteiger partial charge >= 0.3 is 0 Å². The molecule has 140 valence electrons. The summed E-state index contributed by atoms with van der Waals surface area (Å²) in [6, 6.07) is 12.0. The van der Waals surface area contributed by atoms with Crippen molar-refractivity contribution >= 4 is 22.4 Å². The van der Waals surface area contributed by atoms with Crippen LogP contribution >= 0.6 is 0 Å². The van der Waals surface area contributed by atoms with Crippen molar-refractivity contribution in [2.45, 2.75) is 58.5 Å². The maximum absolute atomic E-state index is 11.2. The molecule has 1 aliphatic heterocycles. The largest absolute Gasteiger partial charge is 0.383 e. The van der Waals surface area contributed by atoms with Crippen molar-refractivity contribution in [3.05, 3.63) is 58.9 Å². The maximum Gasteiger partial charge on any atom is 0.161 e. The van der Waals surface area contributed by atoms with Crippen LogP contribution < -0.4 is 5.32 Å². The average Bonchev–Trinajstić information content (AvgIpc) is 2.59. The molecule has 0 saturated heterocycles. The van der Waals surface area contributed by atoms with E-state index in [0.717, 1.165) is 44.9 Å². The number of hydrogen-bond donors (Lipinski definition) is 2. The third-order valence-corrected chi connectivity index (χ3v) is 5.15. The van der Waals surface area contributed by atoms with E-state index in [1.165, 1.54) is 0 Å². The molecule has 0 bridgehead atoms. The van der Waals surface area contributed by atoms with Gasteiger partial charge in [-0.2, -0.15) is 0 Å². The van der Waals surface area contributed by atoms with Gasteiger partial charge in [-0.15, -0.1) is 0 Å². The molecule has 2 N–H and O–H groups in total. The fourth-order valence-electron chi connectivity index (χ4n) is 3.69. The van der Waals surface area contributed by atoms with Crippen LogP contribution in [0.4, 0.5) is 11.4 Å². The second-order valence-corrected chi connectivity index (χ2v) is 9.43. The predicted molar refractivity (Wildman–Crippen MR) is 111 cm³/mol. The van der Waals surface area contributed by atoms with E-state index >= 15 is 0 Å². The van der Waals surface area contributed by atoms with Crippen LogP contribution in [0.5, 0.6) is 0 Å². The topological polar surface area (TPSA) is 58.0 Å². The van der Waals surface area contributed by atoms with Crippen LogP contribution in [0.3, 0.4) is 0 Å². The number of pyridine rings is 2. The number of nitrogens with one attached hydrogen (secondary N) is 1. The molecule has 0 spiro atoms. The average molecular weight is 361 g/mol. The molecule has 2 aromatic heterocycles. The van der Waals surface area contributed by atoms with Crippen LogP contribution in [0.2, 0.25) is 0 Å². The van der Waals surface area contributed by atoms with Gasteiger partial charge in [-0.1, -0.05) is 59.7 Å². The first-order valence-corrected chi connectivity index (χ1v) is 9.47.